The summed E-state index contributed by atoms with van der Waals surface area (Å²) in [4.78, 5) is 15.6. The van der Waals surface area contributed by atoms with E-state index >= 15 is 0 Å². The molecule has 0 radical (unpaired) electrons. The van der Waals surface area contributed by atoms with Crippen molar-refractivity contribution in [3.63, 3.8) is 0 Å². The Morgan fingerprint density at radius 1 is 0.305 bits per heavy atom. The molecule has 59 heavy (non-hydrogen) atoms. The molecule has 0 spiro atoms. The Morgan fingerprint density at radius 3 is 1.39 bits per heavy atom. The van der Waals surface area contributed by atoms with E-state index in [-0.39, 0.29) is 0 Å². The molecule has 12 rings (SSSR count). The van der Waals surface area contributed by atoms with Gasteiger partial charge in [-0.25, -0.2) is 15.0 Å². The summed E-state index contributed by atoms with van der Waals surface area (Å²) in [6.07, 6.45) is 0. The minimum Gasteiger partial charge on any atom is -0.455 e. The lowest BCUT2D eigenvalue weighted by Crippen LogP contribution is -2.00. The Balaban J connectivity index is 1.06. The lowest BCUT2D eigenvalue weighted by molar-refractivity contribution is 0.670. The highest BCUT2D eigenvalue weighted by molar-refractivity contribution is 6.21. The monoisotopic (exact) mass is 751 g/mol. The normalized spacial score (nSPS) is 11.7. The van der Waals surface area contributed by atoms with Crippen LogP contribution in [0, 0.1) is 0 Å². The van der Waals surface area contributed by atoms with E-state index in [4.69, 9.17) is 19.4 Å². The van der Waals surface area contributed by atoms with Crippen LogP contribution in [0.15, 0.2) is 205 Å². The SMILES string of the molecule is c1ccc2cc(-c3ccc(-c4c5ccccc5cc5c4oc4cccc(-c6nc(-c7ccc8ccccc8c7)nc(-c7ccc8ccccc8c7)n6)c45)cc3)ccc2c1. The van der Waals surface area contributed by atoms with Crippen molar-refractivity contribution in [1.29, 1.82) is 0 Å². The van der Waals surface area contributed by atoms with Gasteiger partial charge in [-0.3, -0.25) is 0 Å². The second-order valence-electron chi connectivity index (χ2n) is 15.2. The van der Waals surface area contributed by atoms with Crippen LogP contribution in [0.3, 0.4) is 0 Å². The minimum atomic E-state index is 0.592. The van der Waals surface area contributed by atoms with Crippen LogP contribution >= 0.6 is 0 Å². The van der Waals surface area contributed by atoms with Crippen molar-refractivity contribution >= 4 is 65.0 Å². The first-order valence-corrected chi connectivity index (χ1v) is 19.9. The molecule has 0 N–H and O–H groups in total. The quantitative estimate of drug-likeness (QED) is 0.176. The van der Waals surface area contributed by atoms with Crippen molar-refractivity contribution in [2.24, 2.45) is 0 Å². The van der Waals surface area contributed by atoms with Gasteiger partial charge in [0.1, 0.15) is 11.2 Å². The largest absolute Gasteiger partial charge is 0.455 e. The van der Waals surface area contributed by atoms with E-state index in [1.807, 2.05) is 12.1 Å². The summed E-state index contributed by atoms with van der Waals surface area (Å²) in [5.41, 5.74) is 8.88. The zero-order valence-electron chi connectivity index (χ0n) is 31.8. The molecule has 0 saturated heterocycles. The van der Waals surface area contributed by atoms with Crippen molar-refractivity contribution in [1.82, 2.24) is 15.0 Å². The van der Waals surface area contributed by atoms with Gasteiger partial charge in [0.2, 0.25) is 0 Å². The van der Waals surface area contributed by atoms with Gasteiger partial charge in [0.25, 0.3) is 0 Å². The van der Waals surface area contributed by atoms with Gasteiger partial charge in [-0.05, 0) is 90.1 Å². The summed E-state index contributed by atoms with van der Waals surface area (Å²) in [6, 6.07) is 70.6. The second-order valence-corrected chi connectivity index (χ2v) is 15.2. The van der Waals surface area contributed by atoms with Gasteiger partial charge in [0.05, 0.1) is 0 Å². The highest BCUT2D eigenvalue weighted by Gasteiger charge is 2.22. The van der Waals surface area contributed by atoms with Crippen LogP contribution in [0.5, 0.6) is 0 Å². The smallest absolute Gasteiger partial charge is 0.164 e. The summed E-state index contributed by atoms with van der Waals surface area (Å²) in [7, 11) is 0. The topological polar surface area (TPSA) is 51.8 Å². The van der Waals surface area contributed by atoms with Crippen LogP contribution in [0.25, 0.3) is 121 Å². The van der Waals surface area contributed by atoms with Gasteiger partial charge in [0, 0.05) is 33.0 Å². The fraction of sp³-hybridized carbons (Fsp3) is 0. The van der Waals surface area contributed by atoms with Crippen molar-refractivity contribution in [3.05, 3.63) is 200 Å². The Hall–Kier alpha value is -7.95. The standard InChI is InChI=1S/C55H33N3O/c1-4-13-39-30-42(27-22-34(39)10-1)37-20-25-38(26-21-37)50-46-17-8-7-16-43(46)33-48-51-47(18-9-19-49(51)59-52(48)50)55-57-53(44-28-23-35-11-2-5-14-40(35)31-44)56-54(58-55)45-29-24-36-12-3-6-15-41(36)32-45/h1-33H. The fourth-order valence-electron chi connectivity index (χ4n) is 8.71. The van der Waals surface area contributed by atoms with Crippen LogP contribution in [-0.2, 0) is 0 Å². The Morgan fingerprint density at radius 2 is 0.780 bits per heavy atom. The van der Waals surface area contributed by atoms with E-state index in [1.165, 1.54) is 32.7 Å². The van der Waals surface area contributed by atoms with Gasteiger partial charge in [-0.2, -0.15) is 0 Å². The Bertz CT molecular complexity index is 3520. The van der Waals surface area contributed by atoms with Crippen LogP contribution in [0.2, 0.25) is 0 Å². The summed E-state index contributed by atoms with van der Waals surface area (Å²) in [5.74, 6) is 1.83. The third-order valence-electron chi connectivity index (χ3n) is 11.7. The summed E-state index contributed by atoms with van der Waals surface area (Å²) < 4.78 is 6.93. The molecule has 0 unspecified atom stereocenters. The summed E-state index contributed by atoms with van der Waals surface area (Å²) in [5, 5.41) is 11.3. The molecular weight excluding hydrogens is 719 g/mol. The molecule has 2 heterocycles. The molecule has 0 aliphatic carbocycles. The molecule has 0 atom stereocenters. The third kappa shape index (κ3) is 5.65. The Labute approximate surface area is 339 Å². The molecule has 0 aliphatic rings. The van der Waals surface area contributed by atoms with Crippen LogP contribution in [-0.4, -0.2) is 15.0 Å². The average molecular weight is 752 g/mol. The molecule has 0 saturated carbocycles. The lowest BCUT2D eigenvalue weighted by Gasteiger charge is -2.11. The summed E-state index contributed by atoms with van der Waals surface area (Å²) >= 11 is 0. The van der Waals surface area contributed by atoms with E-state index in [1.54, 1.807) is 0 Å². The maximum atomic E-state index is 6.93. The highest BCUT2D eigenvalue weighted by Crippen LogP contribution is 2.44. The van der Waals surface area contributed by atoms with E-state index in [0.29, 0.717) is 17.5 Å². The highest BCUT2D eigenvalue weighted by atomic mass is 16.3. The van der Waals surface area contributed by atoms with Crippen molar-refractivity contribution in [2.75, 3.05) is 0 Å². The third-order valence-corrected chi connectivity index (χ3v) is 11.7. The maximum absolute atomic E-state index is 6.93. The first-order chi connectivity index (χ1) is 29.2. The molecule has 2 aromatic heterocycles. The van der Waals surface area contributed by atoms with Crippen molar-refractivity contribution in [2.45, 2.75) is 0 Å². The number of benzene rings is 10. The predicted octanol–water partition coefficient (Wildman–Crippen LogP) is 14.7. The molecule has 4 nitrogen and oxygen atoms in total. The van der Waals surface area contributed by atoms with Gasteiger partial charge in [-0.15, -0.1) is 0 Å². The zero-order chi connectivity index (χ0) is 38.9. The van der Waals surface area contributed by atoms with E-state index < -0.39 is 0 Å². The zero-order valence-corrected chi connectivity index (χ0v) is 31.8. The molecule has 4 heteroatoms. The van der Waals surface area contributed by atoms with Crippen molar-refractivity contribution in [3.8, 4) is 56.4 Å². The molecular formula is C55H33N3O. The van der Waals surface area contributed by atoms with Gasteiger partial charge < -0.3 is 4.42 Å². The van der Waals surface area contributed by atoms with E-state index in [2.05, 4.69) is 188 Å². The second kappa shape index (κ2) is 13.3. The average Bonchev–Trinajstić information content (AvgIpc) is 3.68. The molecule has 0 aliphatic heterocycles. The molecule has 0 bridgehead atoms. The number of hydrogen-bond acceptors (Lipinski definition) is 4. The molecule has 0 amide bonds. The van der Waals surface area contributed by atoms with Gasteiger partial charge in [0.15, 0.2) is 17.5 Å². The lowest BCUT2D eigenvalue weighted by atomic mass is 9.93. The maximum Gasteiger partial charge on any atom is 0.164 e. The fourth-order valence-corrected chi connectivity index (χ4v) is 8.71. The van der Waals surface area contributed by atoms with Crippen LogP contribution < -0.4 is 0 Å². The number of rotatable bonds is 5. The summed E-state index contributed by atoms with van der Waals surface area (Å²) in [6.45, 7) is 0. The number of fused-ring (bicyclic) bond motifs is 7. The van der Waals surface area contributed by atoms with Crippen LogP contribution in [0.1, 0.15) is 0 Å². The van der Waals surface area contributed by atoms with Gasteiger partial charge >= 0.3 is 0 Å². The molecule has 12 aromatic rings. The van der Waals surface area contributed by atoms with E-state index in [9.17, 15) is 0 Å². The van der Waals surface area contributed by atoms with Gasteiger partial charge in [-0.1, -0.05) is 170 Å². The molecule has 274 valence electrons. The number of aromatic nitrogens is 3. The number of furan rings is 1. The predicted molar refractivity (Wildman–Crippen MR) is 244 cm³/mol. The first-order valence-electron chi connectivity index (χ1n) is 19.9. The number of hydrogen-bond donors (Lipinski definition) is 0. The van der Waals surface area contributed by atoms with E-state index in [0.717, 1.165) is 71.3 Å². The Kier molecular flexibility index (Phi) is 7.50. The first kappa shape index (κ1) is 33.2. The minimum absolute atomic E-state index is 0.592. The van der Waals surface area contributed by atoms with Crippen LogP contribution in [0.4, 0.5) is 0 Å². The molecule has 10 aromatic carbocycles. The van der Waals surface area contributed by atoms with Crippen molar-refractivity contribution < 1.29 is 4.42 Å². The number of nitrogens with zero attached hydrogens (tertiary/aromatic N) is 3. The molecule has 0 fully saturated rings.